The lowest BCUT2D eigenvalue weighted by Crippen LogP contribution is -2.33. The van der Waals surface area contributed by atoms with Crippen molar-refractivity contribution >= 4 is 51.1 Å². The van der Waals surface area contributed by atoms with E-state index in [2.05, 4.69) is 32.9 Å². The summed E-state index contributed by atoms with van der Waals surface area (Å²) in [6.07, 6.45) is 0. The number of nitrogens with one attached hydrogen (secondary N) is 1. The standard InChI is InChI=1S/C14H17ClIN3O2/c1-9(14(20)17-5-6-21-2)19-12-4-3-10(16)7-11(12)18-13(19)8-15/h3-4,7,9H,5-6,8H2,1-2H3,(H,17,20). The van der Waals surface area contributed by atoms with Crippen LogP contribution in [-0.4, -0.2) is 35.7 Å². The van der Waals surface area contributed by atoms with Crippen LogP contribution in [0.4, 0.5) is 0 Å². The number of alkyl halides is 1. The molecule has 21 heavy (non-hydrogen) atoms. The maximum Gasteiger partial charge on any atom is 0.242 e. The van der Waals surface area contributed by atoms with Gasteiger partial charge in [-0.25, -0.2) is 4.98 Å². The first-order chi connectivity index (χ1) is 10.1. The van der Waals surface area contributed by atoms with Crippen molar-refractivity contribution in [3.63, 3.8) is 0 Å². The van der Waals surface area contributed by atoms with Gasteiger partial charge in [0, 0.05) is 17.2 Å². The summed E-state index contributed by atoms with van der Waals surface area (Å²) in [4.78, 5) is 16.7. The van der Waals surface area contributed by atoms with E-state index in [4.69, 9.17) is 16.3 Å². The van der Waals surface area contributed by atoms with Crippen LogP contribution in [0.1, 0.15) is 18.8 Å². The molecule has 0 spiro atoms. The summed E-state index contributed by atoms with van der Waals surface area (Å²) in [6, 6.07) is 5.58. The van der Waals surface area contributed by atoms with Gasteiger partial charge in [0.15, 0.2) is 0 Å². The summed E-state index contributed by atoms with van der Waals surface area (Å²) in [5.41, 5.74) is 1.77. The summed E-state index contributed by atoms with van der Waals surface area (Å²) in [7, 11) is 1.60. The predicted molar refractivity (Wildman–Crippen MR) is 91.6 cm³/mol. The molecule has 1 heterocycles. The lowest BCUT2D eigenvalue weighted by Gasteiger charge is -2.16. The van der Waals surface area contributed by atoms with Crippen LogP contribution in [0.15, 0.2) is 18.2 Å². The summed E-state index contributed by atoms with van der Waals surface area (Å²) in [6.45, 7) is 2.82. The first-order valence-corrected chi connectivity index (χ1v) is 8.18. The monoisotopic (exact) mass is 421 g/mol. The van der Waals surface area contributed by atoms with Gasteiger partial charge >= 0.3 is 0 Å². The number of methoxy groups -OCH3 is 1. The normalized spacial score (nSPS) is 12.6. The second kappa shape index (κ2) is 7.42. The summed E-state index contributed by atoms with van der Waals surface area (Å²) in [5, 5.41) is 2.84. The molecular formula is C14H17ClIN3O2. The number of ether oxygens (including phenoxy) is 1. The summed E-state index contributed by atoms with van der Waals surface area (Å²) in [5.74, 6) is 0.889. The molecule has 0 aliphatic heterocycles. The van der Waals surface area contributed by atoms with Crippen LogP contribution in [0.3, 0.4) is 0 Å². The Morgan fingerprint density at radius 1 is 1.57 bits per heavy atom. The average molecular weight is 422 g/mol. The van der Waals surface area contributed by atoms with Gasteiger partial charge in [0.1, 0.15) is 11.9 Å². The minimum absolute atomic E-state index is 0.0729. The van der Waals surface area contributed by atoms with E-state index in [1.807, 2.05) is 29.7 Å². The molecule has 7 heteroatoms. The Morgan fingerprint density at radius 2 is 2.33 bits per heavy atom. The molecular weight excluding hydrogens is 405 g/mol. The number of carbonyl (C=O) groups is 1. The van der Waals surface area contributed by atoms with Gasteiger partial charge in [-0.3, -0.25) is 4.79 Å². The van der Waals surface area contributed by atoms with Gasteiger partial charge in [0.25, 0.3) is 0 Å². The number of nitrogens with zero attached hydrogens (tertiary/aromatic N) is 2. The molecule has 1 amide bonds. The van der Waals surface area contributed by atoms with E-state index in [-0.39, 0.29) is 17.8 Å². The Balaban J connectivity index is 2.33. The van der Waals surface area contributed by atoms with E-state index in [0.717, 1.165) is 14.6 Å². The molecule has 1 atom stereocenters. The second-order valence-corrected chi connectivity index (χ2v) is 6.14. The minimum atomic E-state index is -0.374. The molecule has 0 radical (unpaired) electrons. The Morgan fingerprint density at radius 3 is 3.00 bits per heavy atom. The highest BCUT2D eigenvalue weighted by Crippen LogP contribution is 2.24. The minimum Gasteiger partial charge on any atom is -0.383 e. The van der Waals surface area contributed by atoms with Crippen LogP contribution in [0.2, 0.25) is 0 Å². The van der Waals surface area contributed by atoms with Crippen molar-refractivity contribution in [2.45, 2.75) is 18.8 Å². The Bertz CT molecular complexity index is 644. The molecule has 1 aromatic carbocycles. The van der Waals surface area contributed by atoms with Crippen molar-refractivity contribution in [1.82, 2.24) is 14.9 Å². The van der Waals surface area contributed by atoms with Crippen LogP contribution in [-0.2, 0) is 15.4 Å². The fourth-order valence-electron chi connectivity index (χ4n) is 2.19. The maximum absolute atomic E-state index is 12.2. The van der Waals surface area contributed by atoms with Crippen LogP contribution in [0, 0.1) is 3.57 Å². The van der Waals surface area contributed by atoms with Crippen molar-refractivity contribution in [3.05, 3.63) is 27.6 Å². The summed E-state index contributed by atoms with van der Waals surface area (Å²) >= 11 is 8.22. The van der Waals surface area contributed by atoms with E-state index in [1.165, 1.54) is 0 Å². The highest BCUT2D eigenvalue weighted by atomic mass is 127. The zero-order valence-corrected chi connectivity index (χ0v) is 14.8. The smallest absolute Gasteiger partial charge is 0.242 e. The number of hydrogen-bond donors (Lipinski definition) is 1. The SMILES string of the molecule is COCCNC(=O)C(C)n1c(CCl)nc2cc(I)ccc21. The molecule has 2 rings (SSSR count). The second-order valence-electron chi connectivity index (χ2n) is 4.62. The highest BCUT2D eigenvalue weighted by molar-refractivity contribution is 14.1. The van der Waals surface area contributed by atoms with Gasteiger partial charge in [-0.1, -0.05) is 0 Å². The number of hydrogen-bond acceptors (Lipinski definition) is 3. The van der Waals surface area contributed by atoms with E-state index < -0.39 is 0 Å². The average Bonchev–Trinajstić information content (AvgIpc) is 2.83. The topological polar surface area (TPSA) is 56.1 Å². The molecule has 1 aromatic heterocycles. The lowest BCUT2D eigenvalue weighted by molar-refractivity contribution is -0.124. The fraction of sp³-hybridized carbons (Fsp3) is 0.429. The third-order valence-corrected chi connectivity index (χ3v) is 4.13. The number of carbonyl (C=O) groups excluding carboxylic acids is 1. The van der Waals surface area contributed by atoms with Gasteiger partial charge in [0.2, 0.25) is 5.91 Å². The molecule has 2 aromatic rings. The number of fused-ring (bicyclic) bond motifs is 1. The Hall–Kier alpha value is -0.860. The molecule has 1 N–H and O–H groups in total. The molecule has 0 fully saturated rings. The van der Waals surface area contributed by atoms with Gasteiger partial charge in [-0.2, -0.15) is 0 Å². The molecule has 0 saturated carbocycles. The summed E-state index contributed by atoms with van der Waals surface area (Å²) < 4.78 is 7.92. The molecule has 114 valence electrons. The molecule has 0 saturated heterocycles. The molecule has 5 nitrogen and oxygen atoms in total. The fourth-order valence-corrected chi connectivity index (χ4v) is 2.85. The van der Waals surface area contributed by atoms with Crippen LogP contribution < -0.4 is 5.32 Å². The van der Waals surface area contributed by atoms with Crippen LogP contribution >= 0.6 is 34.2 Å². The Kier molecular flexibility index (Phi) is 5.83. The highest BCUT2D eigenvalue weighted by Gasteiger charge is 2.20. The van der Waals surface area contributed by atoms with E-state index in [9.17, 15) is 4.79 Å². The van der Waals surface area contributed by atoms with E-state index >= 15 is 0 Å². The van der Waals surface area contributed by atoms with Crippen molar-refractivity contribution in [3.8, 4) is 0 Å². The third-order valence-electron chi connectivity index (χ3n) is 3.22. The lowest BCUT2D eigenvalue weighted by atomic mass is 10.2. The number of amides is 1. The van der Waals surface area contributed by atoms with Crippen LogP contribution in [0.25, 0.3) is 11.0 Å². The van der Waals surface area contributed by atoms with Crippen molar-refractivity contribution < 1.29 is 9.53 Å². The number of aromatic nitrogens is 2. The Labute approximate surface area is 142 Å². The predicted octanol–water partition coefficient (Wildman–Crippen LogP) is 2.70. The van der Waals surface area contributed by atoms with Crippen molar-refractivity contribution in [2.24, 2.45) is 0 Å². The van der Waals surface area contributed by atoms with E-state index in [1.54, 1.807) is 7.11 Å². The van der Waals surface area contributed by atoms with Crippen LogP contribution in [0.5, 0.6) is 0 Å². The zero-order chi connectivity index (χ0) is 15.4. The number of halogens is 2. The van der Waals surface area contributed by atoms with E-state index in [0.29, 0.717) is 19.0 Å². The molecule has 1 unspecified atom stereocenters. The number of rotatable bonds is 6. The quantitative estimate of drug-likeness (QED) is 0.443. The molecule has 0 aliphatic rings. The number of benzene rings is 1. The zero-order valence-electron chi connectivity index (χ0n) is 11.9. The number of imidazole rings is 1. The third kappa shape index (κ3) is 3.67. The first kappa shape index (κ1) is 16.5. The van der Waals surface area contributed by atoms with Gasteiger partial charge in [-0.05, 0) is 47.7 Å². The van der Waals surface area contributed by atoms with Gasteiger partial charge < -0.3 is 14.6 Å². The van der Waals surface area contributed by atoms with Crippen molar-refractivity contribution in [1.29, 1.82) is 0 Å². The molecule has 0 bridgehead atoms. The molecule has 0 aliphatic carbocycles. The maximum atomic E-state index is 12.2. The first-order valence-electron chi connectivity index (χ1n) is 6.57. The van der Waals surface area contributed by atoms with Gasteiger partial charge in [0.05, 0.1) is 23.5 Å². The largest absolute Gasteiger partial charge is 0.383 e. The van der Waals surface area contributed by atoms with Crippen molar-refractivity contribution in [2.75, 3.05) is 20.3 Å². The van der Waals surface area contributed by atoms with Gasteiger partial charge in [-0.15, -0.1) is 11.6 Å².